The Morgan fingerprint density at radius 2 is 1.86 bits per heavy atom. The molecule has 6 heteroatoms. The Morgan fingerprint density at radius 1 is 1.27 bits per heavy atom. The molecule has 0 spiro atoms. The van der Waals surface area contributed by atoms with Crippen LogP contribution in [0.5, 0.6) is 0 Å². The molecule has 1 aliphatic heterocycles. The topological polar surface area (TPSA) is 78.9 Å². The first kappa shape index (κ1) is 16.3. The van der Waals surface area contributed by atoms with Gasteiger partial charge in [-0.05, 0) is 19.4 Å². The van der Waals surface area contributed by atoms with Crippen LogP contribution in [0.4, 0.5) is 4.79 Å². The monoisotopic (exact) mass is 306 g/mol. The van der Waals surface area contributed by atoms with Gasteiger partial charge in [0, 0.05) is 19.5 Å². The van der Waals surface area contributed by atoms with Crippen LogP contribution in [0.15, 0.2) is 30.3 Å². The highest BCUT2D eigenvalue weighted by Gasteiger charge is 2.29. The number of urea groups is 1. The molecule has 1 fully saturated rings. The van der Waals surface area contributed by atoms with Crippen LogP contribution >= 0.6 is 0 Å². The van der Waals surface area contributed by atoms with Crippen LogP contribution in [0, 0.1) is 0 Å². The predicted molar refractivity (Wildman–Crippen MR) is 81.7 cm³/mol. The van der Waals surface area contributed by atoms with Crippen LogP contribution in [0.1, 0.15) is 19.4 Å². The molecule has 1 heterocycles. The number of amides is 2. The summed E-state index contributed by atoms with van der Waals surface area (Å²) in [6.45, 7) is 4.73. The summed E-state index contributed by atoms with van der Waals surface area (Å²) >= 11 is 0. The third kappa shape index (κ3) is 4.46. The van der Waals surface area contributed by atoms with Crippen LogP contribution in [0.3, 0.4) is 0 Å². The Balaban J connectivity index is 1.98. The van der Waals surface area contributed by atoms with Gasteiger partial charge in [-0.25, -0.2) is 9.59 Å². The molecule has 1 aliphatic rings. The van der Waals surface area contributed by atoms with Crippen LogP contribution < -0.4 is 5.32 Å². The Labute approximate surface area is 130 Å². The lowest BCUT2D eigenvalue weighted by Crippen LogP contribution is -2.55. The number of ether oxygens (including phenoxy) is 1. The number of morpholine rings is 1. The van der Waals surface area contributed by atoms with Gasteiger partial charge in [0.1, 0.15) is 6.04 Å². The lowest BCUT2D eigenvalue weighted by Gasteiger charge is -2.35. The Hall–Kier alpha value is -2.08. The van der Waals surface area contributed by atoms with Gasteiger partial charge in [-0.1, -0.05) is 30.3 Å². The molecule has 0 aromatic heterocycles. The molecule has 1 aromatic carbocycles. The maximum absolute atomic E-state index is 12.3. The summed E-state index contributed by atoms with van der Waals surface area (Å²) in [5, 5.41) is 11.9. The molecule has 22 heavy (non-hydrogen) atoms. The molecular formula is C16H22N2O4. The zero-order valence-electron chi connectivity index (χ0n) is 12.9. The summed E-state index contributed by atoms with van der Waals surface area (Å²) in [6.07, 6.45) is 0.163. The van der Waals surface area contributed by atoms with Gasteiger partial charge in [0.2, 0.25) is 0 Å². The van der Waals surface area contributed by atoms with Gasteiger partial charge < -0.3 is 20.1 Å². The highest BCUT2D eigenvalue weighted by Crippen LogP contribution is 2.11. The highest BCUT2D eigenvalue weighted by atomic mass is 16.5. The minimum atomic E-state index is -1.04. The first-order chi connectivity index (χ1) is 10.5. The van der Waals surface area contributed by atoms with Crippen molar-refractivity contribution in [2.75, 3.05) is 13.1 Å². The number of nitrogens with zero attached hydrogens (tertiary/aromatic N) is 1. The number of hydrogen-bond donors (Lipinski definition) is 2. The third-order valence-electron chi connectivity index (χ3n) is 3.59. The minimum Gasteiger partial charge on any atom is -0.480 e. The number of rotatable bonds is 4. The number of nitrogens with one attached hydrogen (secondary N) is 1. The molecule has 0 radical (unpaired) electrons. The zero-order chi connectivity index (χ0) is 16.1. The minimum absolute atomic E-state index is 0.0492. The number of hydrogen-bond acceptors (Lipinski definition) is 3. The number of carboxylic acid groups (broad SMARTS) is 1. The maximum atomic E-state index is 12.3. The van der Waals surface area contributed by atoms with Crippen LogP contribution in [0.25, 0.3) is 0 Å². The number of benzene rings is 1. The number of carbonyl (C=O) groups excluding carboxylic acids is 1. The van der Waals surface area contributed by atoms with Crippen LogP contribution in [-0.4, -0.2) is 53.3 Å². The molecule has 1 saturated heterocycles. The largest absolute Gasteiger partial charge is 0.480 e. The van der Waals surface area contributed by atoms with Gasteiger partial charge in [-0.2, -0.15) is 0 Å². The fourth-order valence-electron chi connectivity index (χ4n) is 2.63. The number of carboxylic acids is 1. The molecule has 3 atom stereocenters. The van der Waals surface area contributed by atoms with E-state index in [2.05, 4.69) is 5.32 Å². The molecule has 0 aliphatic carbocycles. The Kier molecular flexibility index (Phi) is 5.38. The SMILES string of the molecule is C[C@@H]1CN(C(=O)N[C@@H](Cc2ccccc2)C(=O)O)C[C@@H](C)O1. The van der Waals surface area contributed by atoms with Crippen molar-refractivity contribution in [2.24, 2.45) is 0 Å². The Morgan fingerprint density at radius 3 is 2.41 bits per heavy atom. The Bertz CT molecular complexity index is 510. The molecule has 0 saturated carbocycles. The summed E-state index contributed by atoms with van der Waals surface area (Å²) < 4.78 is 5.58. The summed E-state index contributed by atoms with van der Waals surface area (Å²) in [7, 11) is 0. The van der Waals surface area contributed by atoms with Crippen molar-refractivity contribution in [1.29, 1.82) is 0 Å². The molecule has 0 bridgehead atoms. The predicted octanol–water partition coefficient (Wildman–Crippen LogP) is 1.50. The maximum Gasteiger partial charge on any atom is 0.326 e. The van der Waals surface area contributed by atoms with Crippen molar-refractivity contribution in [2.45, 2.75) is 38.5 Å². The van der Waals surface area contributed by atoms with Crippen molar-refractivity contribution in [3.8, 4) is 0 Å². The number of carbonyl (C=O) groups is 2. The van der Waals surface area contributed by atoms with Crippen molar-refractivity contribution >= 4 is 12.0 Å². The fourth-order valence-corrected chi connectivity index (χ4v) is 2.63. The summed E-state index contributed by atoms with van der Waals surface area (Å²) in [5.74, 6) is -1.04. The van der Waals surface area contributed by atoms with E-state index in [1.807, 2.05) is 44.2 Å². The van der Waals surface area contributed by atoms with E-state index in [1.54, 1.807) is 4.90 Å². The summed E-state index contributed by atoms with van der Waals surface area (Å²) in [4.78, 5) is 25.3. The van der Waals surface area contributed by atoms with Crippen LogP contribution in [0.2, 0.25) is 0 Å². The van der Waals surface area contributed by atoms with E-state index in [9.17, 15) is 14.7 Å². The van der Waals surface area contributed by atoms with Gasteiger partial charge in [-0.3, -0.25) is 0 Å². The quantitative estimate of drug-likeness (QED) is 0.883. The van der Waals surface area contributed by atoms with E-state index in [-0.39, 0.29) is 24.7 Å². The smallest absolute Gasteiger partial charge is 0.326 e. The van der Waals surface area contributed by atoms with Crippen molar-refractivity contribution in [1.82, 2.24) is 10.2 Å². The third-order valence-corrected chi connectivity index (χ3v) is 3.59. The second-order valence-corrected chi connectivity index (χ2v) is 5.69. The van der Waals surface area contributed by atoms with Gasteiger partial charge >= 0.3 is 12.0 Å². The van der Waals surface area contributed by atoms with E-state index < -0.39 is 12.0 Å². The molecule has 2 N–H and O–H groups in total. The average molecular weight is 306 g/mol. The average Bonchev–Trinajstić information content (AvgIpc) is 2.46. The van der Waals surface area contributed by atoms with Crippen molar-refractivity contribution in [3.05, 3.63) is 35.9 Å². The normalized spacial score (nSPS) is 22.9. The molecular weight excluding hydrogens is 284 g/mol. The second kappa shape index (κ2) is 7.26. The van der Waals surface area contributed by atoms with Gasteiger partial charge in [0.05, 0.1) is 12.2 Å². The van der Waals surface area contributed by atoms with E-state index in [0.29, 0.717) is 13.1 Å². The second-order valence-electron chi connectivity index (χ2n) is 5.69. The zero-order valence-corrected chi connectivity index (χ0v) is 12.9. The molecule has 6 nitrogen and oxygen atoms in total. The summed E-state index contributed by atoms with van der Waals surface area (Å²) in [5.41, 5.74) is 0.874. The number of aliphatic carboxylic acids is 1. The first-order valence-corrected chi connectivity index (χ1v) is 7.43. The van der Waals surface area contributed by atoms with E-state index in [0.717, 1.165) is 5.56 Å². The van der Waals surface area contributed by atoms with E-state index in [4.69, 9.17) is 4.74 Å². The lowest BCUT2D eigenvalue weighted by atomic mass is 10.1. The van der Waals surface area contributed by atoms with Gasteiger partial charge in [0.15, 0.2) is 0 Å². The summed E-state index contributed by atoms with van der Waals surface area (Å²) in [6, 6.07) is 7.97. The van der Waals surface area contributed by atoms with Gasteiger partial charge in [-0.15, -0.1) is 0 Å². The molecule has 1 aromatic rings. The van der Waals surface area contributed by atoms with E-state index >= 15 is 0 Å². The molecule has 0 unspecified atom stereocenters. The fraction of sp³-hybridized carbons (Fsp3) is 0.500. The lowest BCUT2D eigenvalue weighted by molar-refractivity contribution is -0.139. The standard InChI is InChI=1S/C16H22N2O4/c1-11-9-18(10-12(2)22-11)16(21)17-14(15(19)20)8-13-6-4-3-5-7-13/h3-7,11-12,14H,8-10H2,1-2H3,(H,17,21)(H,19,20)/t11-,12-,14+/m1/s1. The molecule has 2 amide bonds. The van der Waals surface area contributed by atoms with Gasteiger partial charge in [0.25, 0.3) is 0 Å². The highest BCUT2D eigenvalue weighted by molar-refractivity contribution is 5.82. The van der Waals surface area contributed by atoms with Crippen molar-refractivity contribution in [3.63, 3.8) is 0 Å². The first-order valence-electron chi connectivity index (χ1n) is 7.43. The molecule has 2 rings (SSSR count). The van der Waals surface area contributed by atoms with E-state index in [1.165, 1.54) is 0 Å². The van der Waals surface area contributed by atoms with Crippen molar-refractivity contribution < 1.29 is 19.4 Å². The van der Waals surface area contributed by atoms with Crippen LogP contribution in [-0.2, 0) is 16.0 Å². The molecule has 120 valence electrons.